The molecule has 0 fully saturated rings. The van der Waals surface area contributed by atoms with E-state index in [0.717, 1.165) is 20.1 Å². The van der Waals surface area contributed by atoms with Gasteiger partial charge < -0.3 is 10.1 Å². The number of carbonyl (C=O) groups is 2. The van der Waals surface area contributed by atoms with Crippen LogP contribution in [0.4, 0.5) is 5.69 Å². The summed E-state index contributed by atoms with van der Waals surface area (Å²) in [5.74, 6) is -1.20. The molecule has 9 heteroatoms. The van der Waals surface area contributed by atoms with Gasteiger partial charge in [-0.2, -0.15) is 5.10 Å². The second kappa shape index (κ2) is 12.0. The Kier molecular flexibility index (Phi) is 9.05. The van der Waals surface area contributed by atoms with Crippen LogP contribution in [0.3, 0.4) is 0 Å². The Morgan fingerprint density at radius 2 is 1.76 bits per heavy atom. The summed E-state index contributed by atoms with van der Waals surface area (Å²) in [4.78, 5) is 24.6. The van der Waals surface area contributed by atoms with Crippen LogP contribution in [0.15, 0.2) is 80.8 Å². The van der Waals surface area contributed by atoms with Crippen LogP contribution in [-0.2, 0) is 16.2 Å². The highest BCUT2D eigenvalue weighted by atomic mass is 79.9. The van der Waals surface area contributed by atoms with Crippen LogP contribution in [0.2, 0.25) is 5.02 Å². The van der Waals surface area contributed by atoms with Gasteiger partial charge in [-0.1, -0.05) is 35.9 Å². The normalized spacial score (nSPS) is 11.8. The number of nitrogens with zero attached hydrogens (tertiary/aromatic N) is 1. The van der Waals surface area contributed by atoms with Gasteiger partial charge >= 0.3 is 0 Å². The van der Waals surface area contributed by atoms with Gasteiger partial charge in [0.25, 0.3) is 5.91 Å². The van der Waals surface area contributed by atoms with Crippen molar-refractivity contribution < 1.29 is 14.3 Å². The minimum Gasteiger partial charge on any atom is -0.488 e. The van der Waals surface area contributed by atoms with Gasteiger partial charge in [-0.3, -0.25) is 9.59 Å². The summed E-state index contributed by atoms with van der Waals surface area (Å²) < 4.78 is 7.30. The van der Waals surface area contributed by atoms with E-state index in [1.54, 1.807) is 30.3 Å². The van der Waals surface area contributed by atoms with Gasteiger partial charge in [0.1, 0.15) is 18.3 Å². The molecule has 0 aliphatic carbocycles. The summed E-state index contributed by atoms with van der Waals surface area (Å²) in [6.45, 7) is 1.92. The number of rotatable bonds is 8. The quantitative estimate of drug-likeness (QED) is 0.186. The molecule has 0 bridgehead atoms. The third-order valence-corrected chi connectivity index (χ3v) is 6.13. The first-order chi connectivity index (χ1) is 15.8. The van der Waals surface area contributed by atoms with Crippen LogP contribution in [0.5, 0.6) is 5.75 Å². The van der Waals surface area contributed by atoms with Crippen LogP contribution in [0, 0.1) is 5.92 Å². The zero-order valence-corrected chi connectivity index (χ0v) is 21.4. The molecule has 3 rings (SSSR count). The van der Waals surface area contributed by atoms with Gasteiger partial charge in [-0.05, 0) is 92.4 Å². The number of ether oxygens (including phenoxy) is 1. The zero-order valence-electron chi connectivity index (χ0n) is 17.5. The summed E-state index contributed by atoms with van der Waals surface area (Å²) in [5, 5.41) is 7.34. The van der Waals surface area contributed by atoms with E-state index in [1.807, 2.05) is 36.4 Å². The number of para-hydroxylation sites is 1. The standard InChI is InChI=1S/C24H20Br2ClN3O3/c1-15(23(31)29-21-5-3-2-4-19(21)25)24(32)30-28-13-17-8-11-22(20(26)12-17)33-14-16-6-9-18(27)10-7-16/h2-13,15H,14H2,1H3,(H,29,31)(H,30,32). The van der Waals surface area contributed by atoms with E-state index in [9.17, 15) is 9.59 Å². The fourth-order valence-electron chi connectivity index (χ4n) is 2.65. The number of nitrogens with one attached hydrogen (secondary N) is 2. The lowest BCUT2D eigenvalue weighted by molar-refractivity contribution is -0.131. The van der Waals surface area contributed by atoms with Crippen LogP contribution < -0.4 is 15.5 Å². The van der Waals surface area contributed by atoms with Gasteiger partial charge in [-0.25, -0.2) is 5.43 Å². The van der Waals surface area contributed by atoms with Crippen molar-refractivity contribution in [3.63, 3.8) is 0 Å². The van der Waals surface area contributed by atoms with E-state index in [-0.39, 0.29) is 0 Å². The van der Waals surface area contributed by atoms with Crippen LogP contribution >= 0.6 is 43.5 Å². The summed E-state index contributed by atoms with van der Waals surface area (Å²) in [7, 11) is 0. The summed E-state index contributed by atoms with van der Waals surface area (Å²) in [5.41, 5.74) is 4.73. The molecular formula is C24H20Br2ClN3O3. The lowest BCUT2D eigenvalue weighted by atomic mass is 10.1. The SMILES string of the molecule is CC(C(=O)NN=Cc1ccc(OCc2ccc(Cl)cc2)c(Br)c1)C(=O)Nc1ccccc1Br. The third kappa shape index (κ3) is 7.42. The second-order valence-corrected chi connectivity index (χ2v) is 9.18. The molecule has 3 aromatic rings. The van der Waals surface area contributed by atoms with Crippen LogP contribution in [0.1, 0.15) is 18.1 Å². The number of carbonyl (C=O) groups excluding carboxylic acids is 2. The smallest absolute Gasteiger partial charge is 0.252 e. The number of amides is 2. The molecule has 3 aromatic carbocycles. The fraction of sp³-hybridized carbons (Fsp3) is 0.125. The van der Waals surface area contributed by atoms with Crippen molar-refractivity contribution in [1.82, 2.24) is 5.43 Å². The Morgan fingerprint density at radius 3 is 2.45 bits per heavy atom. The Labute approximate surface area is 213 Å². The van der Waals surface area contributed by atoms with Crippen molar-refractivity contribution in [1.29, 1.82) is 0 Å². The van der Waals surface area contributed by atoms with Crippen molar-refractivity contribution in [3.05, 3.63) is 91.8 Å². The number of hydrogen-bond acceptors (Lipinski definition) is 4. The molecule has 0 spiro atoms. The van der Waals surface area contributed by atoms with Gasteiger partial charge in [-0.15, -0.1) is 0 Å². The Morgan fingerprint density at radius 1 is 1.03 bits per heavy atom. The molecule has 1 unspecified atom stereocenters. The first kappa shape index (κ1) is 25.0. The topological polar surface area (TPSA) is 79.8 Å². The average molecular weight is 594 g/mol. The lowest BCUT2D eigenvalue weighted by Crippen LogP contribution is -2.34. The highest BCUT2D eigenvalue weighted by molar-refractivity contribution is 9.11. The molecular weight excluding hydrogens is 574 g/mol. The van der Waals surface area contributed by atoms with E-state index in [1.165, 1.54) is 13.1 Å². The molecule has 33 heavy (non-hydrogen) atoms. The van der Waals surface area contributed by atoms with E-state index >= 15 is 0 Å². The third-order valence-electron chi connectivity index (χ3n) is 4.57. The van der Waals surface area contributed by atoms with Crippen molar-refractivity contribution in [3.8, 4) is 5.75 Å². The zero-order chi connectivity index (χ0) is 23.8. The molecule has 6 nitrogen and oxygen atoms in total. The number of hydrazone groups is 1. The maximum Gasteiger partial charge on any atom is 0.252 e. The minimum absolute atomic E-state index is 0.402. The molecule has 170 valence electrons. The van der Waals surface area contributed by atoms with Gasteiger partial charge in [0, 0.05) is 9.50 Å². The molecule has 0 aliphatic rings. The Balaban J connectivity index is 1.52. The van der Waals surface area contributed by atoms with Crippen molar-refractivity contribution >= 4 is 67.2 Å². The molecule has 0 aromatic heterocycles. The summed E-state index contributed by atoms with van der Waals surface area (Å²) >= 11 is 12.7. The fourth-order valence-corrected chi connectivity index (χ4v) is 3.67. The van der Waals surface area contributed by atoms with Gasteiger partial charge in [0.2, 0.25) is 5.91 Å². The maximum absolute atomic E-state index is 12.3. The number of benzene rings is 3. The molecule has 1 atom stereocenters. The lowest BCUT2D eigenvalue weighted by Gasteiger charge is -2.12. The molecule has 0 aliphatic heterocycles. The molecule has 2 N–H and O–H groups in total. The predicted octanol–water partition coefficient (Wildman–Crippen LogP) is 6.17. The van der Waals surface area contributed by atoms with E-state index in [0.29, 0.717) is 23.1 Å². The molecule has 0 heterocycles. The Bertz CT molecular complexity index is 1170. The van der Waals surface area contributed by atoms with E-state index < -0.39 is 17.7 Å². The average Bonchev–Trinajstić information content (AvgIpc) is 2.80. The Hall–Kier alpha value is -2.68. The first-order valence-corrected chi connectivity index (χ1v) is 11.8. The summed E-state index contributed by atoms with van der Waals surface area (Å²) in [6.07, 6.45) is 1.49. The van der Waals surface area contributed by atoms with Crippen molar-refractivity contribution in [2.45, 2.75) is 13.5 Å². The van der Waals surface area contributed by atoms with Crippen molar-refractivity contribution in [2.24, 2.45) is 11.0 Å². The largest absolute Gasteiger partial charge is 0.488 e. The second-order valence-electron chi connectivity index (χ2n) is 7.03. The number of halogens is 3. The minimum atomic E-state index is -0.926. The molecule has 0 saturated carbocycles. The number of anilines is 1. The van der Waals surface area contributed by atoms with Gasteiger partial charge in [0.05, 0.1) is 16.4 Å². The van der Waals surface area contributed by atoms with Gasteiger partial charge in [0.15, 0.2) is 0 Å². The first-order valence-electron chi connectivity index (χ1n) is 9.88. The molecule has 0 radical (unpaired) electrons. The van der Waals surface area contributed by atoms with Crippen LogP contribution in [-0.4, -0.2) is 18.0 Å². The maximum atomic E-state index is 12.3. The summed E-state index contributed by atoms with van der Waals surface area (Å²) in [6, 6.07) is 20.0. The number of hydrogen-bond donors (Lipinski definition) is 2. The monoisotopic (exact) mass is 591 g/mol. The van der Waals surface area contributed by atoms with Crippen LogP contribution in [0.25, 0.3) is 0 Å². The predicted molar refractivity (Wildman–Crippen MR) is 138 cm³/mol. The molecule has 0 saturated heterocycles. The van der Waals surface area contributed by atoms with Crippen molar-refractivity contribution in [2.75, 3.05) is 5.32 Å². The highest BCUT2D eigenvalue weighted by Crippen LogP contribution is 2.26. The van der Waals surface area contributed by atoms with E-state index in [2.05, 4.69) is 47.7 Å². The molecule has 2 amide bonds. The van der Waals surface area contributed by atoms with E-state index in [4.69, 9.17) is 16.3 Å². The highest BCUT2D eigenvalue weighted by Gasteiger charge is 2.21.